The van der Waals surface area contributed by atoms with Crippen LogP contribution in [0.3, 0.4) is 0 Å². The first-order valence-corrected chi connectivity index (χ1v) is 15.9. The van der Waals surface area contributed by atoms with Gasteiger partial charge in [0.1, 0.15) is 18.5 Å². The highest BCUT2D eigenvalue weighted by Crippen LogP contribution is 2.45. The third kappa shape index (κ3) is 6.53. The Hall–Kier alpha value is -4.10. The maximum absolute atomic E-state index is 11.3. The normalized spacial score (nSPS) is 18.8. The summed E-state index contributed by atoms with van der Waals surface area (Å²) in [5, 5.41) is 5.87. The van der Waals surface area contributed by atoms with Crippen LogP contribution in [0.2, 0.25) is 0 Å². The number of hydrogen-bond acceptors (Lipinski definition) is 5. The number of hydrogen-bond donors (Lipinski definition) is 1. The van der Waals surface area contributed by atoms with Crippen LogP contribution in [0.25, 0.3) is 22.0 Å². The molecular formula is C37H43N3O4. The first-order chi connectivity index (χ1) is 21.3. The van der Waals surface area contributed by atoms with E-state index in [4.69, 9.17) is 25.0 Å². The van der Waals surface area contributed by atoms with Crippen molar-refractivity contribution in [1.82, 2.24) is 9.78 Å². The number of carbonyl (C=O) groups is 1. The van der Waals surface area contributed by atoms with Gasteiger partial charge in [0.2, 0.25) is 0 Å². The topological polar surface area (TPSA) is 88.6 Å². The quantitative estimate of drug-likeness (QED) is 0.197. The molecule has 1 aromatic heterocycles. The van der Waals surface area contributed by atoms with Gasteiger partial charge in [0.05, 0.1) is 11.7 Å². The summed E-state index contributed by atoms with van der Waals surface area (Å²) in [5.74, 6) is 1.21. The molecule has 230 valence electrons. The van der Waals surface area contributed by atoms with Crippen molar-refractivity contribution < 1.29 is 19.0 Å². The van der Waals surface area contributed by atoms with Crippen LogP contribution in [-0.4, -0.2) is 35.2 Å². The summed E-state index contributed by atoms with van der Waals surface area (Å²) in [5.41, 5.74) is 12.3. The van der Waals surface area contributed by atoms with E-state index in [0.29, 0.717) is 5.92 Å². The molecule has 1 saturated heterocycles. The van der Waals surface area contributed by atoms with E-state index in [1.807, 2.05) is 23.0 Å². The fourth-order valence-corrected chi connectivity index (χ4v) is 6.21. The van der Waals surface area contributed by atoms with Crippen molar-refractivity contribution >= 4 is 28.1 Å². The van der Waals surface area contributed by atoms with Gasteiger partial charge in [-0.1, -0.05) is 75.7 Å². The number of nitrogens with zero attached hydrogens (tertiary/aromatic N) is 2. The number of carbonyl (C=O) groups excluding carboxylic acids is 1. The van der Waals surface area contributed by atoms with E-state index in [9.17, 15) is 4.79 Å². The van der Waals surface area contributed by atoms with Crippen LogP contribution >= 0.6 is 0 Å². The molecule has 0 spiro atoms. The van der Waals surface area contributed by atoms with E-state index >= 15 is 0 Å². The Morgan fingerprint density at radius 1 is 0.955 bits per heavy atom. The Bertz CT molecular complexity index is 1610. The van der Waals surface area contributed by atoms with Crippen molar-refractivity contribution in [2.24, 2.45) is 17.1 Å². The number of fused-ring (bicyclic) bond motifs is 1. The van der Waals surface area contributed by atoms with E-state index in [1.54, 1.807) is 0 Å². The van der Waals surface area contributed by atoms with Crippen LogP contribution in [-0.2, 0) is 9.47 Å². The lowest BCUT2D eigenvalue weighted by molar-refractivity contribution is -0.0366. The fraction of sp³-hybridized carbons (Fsp3) is 0.405. The molecule has 7 nitrogen and oxygen atoms in total. The van der Waals surface area contributed by atoms with Crippen molar-refractivity contribution in [1.29, 1.82) is 0 Å². The summed E-state index contributed by atoms with van der Waals surface area (Å²) in [6.45, 7) is 7.04. The van der Waals surface area contributed by atoms with Gasteiger partial charge in [-0.05, 0) is 90.1 Å². The van der Waals surface area contributed by atoms with Gasteiger partial charge >= 0.3 is 6.09 Å². The van der Waals surface area contributed by atoms with Crippen LogP contribution in [0, 0.1) is 11.3 Å². The summed E-state index contributed by atoms with van der Waals surface area (Å²) < 4.78 is 19.6. The Morgan fingerprint density at radius 3 is 2.34 bits per heavy atom. The molecule has 2 heterocycles. The molecule has 0 bridgehead atoms. The highest BCUT2D eigenvalue weighted by Gasteiger charge is 2.30. The van der Waals surface area contributed by atoms with Crippen molar-refractivity contribution in [2.75, 3.05) is 13.2 Å². The van der Waals surface area contributed by atoms with E-state index in [0.717, 1.165) is 48.1 Å². The third-order valence-electron chi connectivity index (χ3n) is 8.94. The lowest BCUT2D eigenvalue weighted by atomic mass is 9.73. The fourth-order valence-electron chi connectivity index (χ4n) is 6.21. The molecular weight excluding hydrogens is 550 g/mol. The summed E-state index contributed by atoms with van der Waals surface area (Å²) in [6.07, 6.45) is 7.68. The molecule has 2 aliphatic rings. The predicted molar refractivity (Wildman–Crippen MR) is 174 cm³/mol. The Morgan fingerprint density at radius 2 is 1.70 bits per heavy atom. The number of primary amides is 1. The second kappa shape index (κ2) is 12.9. The number of amides is 1. The second-order valence-electron chi connectivity index (χ2n) is 13.1. The molecule has 2 fully saturated rings. The van der Waals surface area contributed by atoms with Gasteiger partial charge in [-0.3, -0.25) is 0 Å². The Kier molecular flexibility index (Phi) is 8.76. The van der Waals surface area contributed by atoms with Gasteiger partial charge in [-0.25, -0.2) is 9.48 Å². The molecule has 4 aromatic rings. The lowest BCUT2D eigenvalue weighted by Crippen LogP contribution is -2.37. The van der Waals surface area contributed by atoms with E-state index in [-0.39, 0.29) is 24.4 Å². The number of aromatic nitrogens is 2. The molecule has 2 atom stereocenters. The average molecular weight is 594 g/mol. The summed E-state index contributed by atoms with van der Waals surface area (Å²) in [6, 6.07) is 25.8. The highest BCUT2D eigenvalue weighted by atomic mass is 16.6. The number of nitrogens with two attached hydrogens (primary N) is 1. The predicted octanol–water partition coefficient (Wildman–Crippen LogP) is 8.38. The molecule has 7 heteroatoms. The number of allylic oxidation sites excluding steroid dienone is 1. The van der Waals surface area contributed by atoms with Gasteiger partial charge in [-0.2, -0.15) is 5.10 Å². The largest absolute Gasteiger partial charge is 0.486 e. The maximum atomic E-state index is 11.3. The molecule has 3 aromatic carbocycles. The zero-order valence-corrected chi connectivity index (χ0v) is 26.0. The maximum Gasteiger partial charge on any atom is 0.404 e. The number of ether oxygens (including phenoxy) is 3. The summed E-state index contributed by atoms with van der Waals surface area (Å²) in [7, 11) is 0. The monoisotopic (exact) mass is 593 g/mol. The molecule has 2 unspecified atom stereocenters. The lowest BCUT2D eigenvalue weighted by Gasteiger charge is -2.32. The van der Waals surface area contributed by atoms with E-state index < -0.39 is 6.09 Å². The highest BCUT2D eigenvalue weighted by molar-refractivity contribution is 6.01. The van der Waals surface area contributed by atoms with Gasteiger partial charge in [0.25, 0.3) is 0 Å². The average Bonchev–Trinajstić information content (AvgIpc) is 3.42. The smallest absolute Gasteiger partial charge is 0.404 e. The zero-order valence-electron chi connectivity index (χ0n) is 26.0. The summed E-state index contributed by atoms with van der Waals surface area (Å²) in [4.78, 5) is 11.3. The Labute approximate surface area is 260 Å². The minimum absolute atomic E-state index is 0.00481. The number of benzene rings is 3. The first kappa shape index (κ1) is 29.9. The first-order valence-electron chi connectivity index (χ1n) is 15.9. The van der Waals surface area contributed by atoms with Gasteiger partial charge in [0, 0.05) is 17.4 Å². The van der Waals surface area contributed by atoms with Crippen molar-refractivity contribution in [2.45, 2.75) is 71.6 Å². The van der Waals surface area contributed by atoms with Crippen LogP contribution < -0.4 is 10.5 Å². The molecule has 1 saturated carbocycles. The Balaban J connectivity index is 1.41. The molecule has 2 N–H and O–H groups in total. The van der Waals surface area contributed by atoms with Crippen LogP contribution in [0.5, 0.6) is 5.75 Å². The van der Waals surface area contributed by atoms with Gasteiger partial charge in [-0.15, -0.1) is 0 Å². The standard InChI is InChI=1S/C37H43N3O4/c1-37(2,3)32(24-43-36(38)41)44-30-18-15-27(16-19-30)35(34(26-12-9-13-26)25-10-5-4-6-11-25)28-17-20-31-29(22-28)23-39-40(31)33-14-7-8-21-42-33/h4-6,10-11,15-20,22-23,26,32-33H,7-9,12-14,21,24H2,1-3H3,(H2,38,41). The van der Waals surface area contributed by atoms with Crippen molar-refractivity contribution in [3.8, 4) is 5.75 Å². The van der Waals surface area contributed by atoms with E-state index in [2.05, 4.69) is 81.4 Å². The van der Waals surface area contributed by atoms with Crippen LogP contribution in [0.4, 0.5) is 4.79 Å². The number of rotatable bonds is 9. The van der Waals surface area contributed by atoms with Crippen molar-refractivity contribution in [3.63, 3.8) is 0 Å². The molecule has 44 heavy (non-hydrogen) atoms. The zero-order chi connectivity index (χ0) is 30.7. The molecule has 0 radical (unpaired) electrons. The molecule has 1 amide bonds. The molecule has 1 aliphatic carbocycles. The SMILES string of the molecule is CC(C)(C)C(COC(N)=O)Oc1ccc(C(=C(c2ccccc2)C2CCC2)c2ccc3c(cnn3C3CCCCO3)c2)cc1. The van der Waals surface area contributed by atoms with Gasteiger partial charge in [0.15, 0.2) is 6.23 Å². The van der Waals surface area contributed by atoms with Crippen LogP contribution in [0.15, 0.2) is 79.0 Å². The van der Waals surface area contributed by atoms with Crippen molar-refractivity contribution in [3.05, 3.63) is 95.7 Å². The summed E-state index contributed by atoms with van der Waals surface area (Å²) >= 11 is 0. The third-order valence-corrected chi connectivity index (χ3v) is 8.94. The van der Waals surface area contributed by atoms with Gasteiger partial charge < -0.3 is 19.9 Å². The minimum Gasteiger partial charge on any atom is -0.486 e. The van der Waals surface area contributed by atoms with E-state index in [1.165, 1.54) is 41.5 Å². The minimum atomic E-state index is -0.800. The molecule has 6 rings (SSSR count). The molecule has 1 aliphatic heterocycles. The van der Waals surface area contributed by atoms with Crippen LogP contribution in [0.1, 0.15) is 82.2 Å². The second-order valence-corrected chi connectivity index (χ2v) is 13.1.